The molecule has 0 radical (unpaired) electrons. The van der Waals surface area contributed by atoms with Crippen molar-refractivity contribution in [2.45, 2.75) is 134 Å². The fourth-order valence-electron chi connectivity index (χ4n) is 4.43. The minimum absolute atomic E-state index is 0.0232. The lowest BCUT2D eigenvalue weighted by atomic mass is 9.99. The summed E-state index contributed by atoms with van der Waals surface area (Å²) < 4.78 is 57.7. The molecule has 0 spiro atoms. The molecule has 0 amide bonds. The van der Waals surface area contributed by atoms with Gasteiger partial charge in [0.05, 0.1) is 19.8 Å². The van der Waals surface area contributed by atoms with E-state index in [2.05, 4.69) is 35.4 Å². The Morgan fingerprint density at radius 1 is 0.884 bits per heavy atom. The van der Waals surface area contributed by atoms with Crippen molar-refractivity contribution in [1.82, 2.24) is 0 Å². The lowest BCUT2D eigenvalue weighted by Gasteiger charge is -2.41. The molecule has 0 aromatic rings. The van der Waals surface area contributed by atoms with Crippen LogP contribution in [0.2, 0.25) is 0 Å². The van der Waals surface area contributed by atoms with Crippen molar-refractivity contribution in [1.29, 1.82) is 0 Å². The number of esters is 1. The van der Waals surface area contributed by atoms with E-state index in [-0.39, 0.29) is 19.6 Å². The Morgan fingerprint density at radius 2 is 1.53 bits per heavy atom. The fraction of sp³-hybridized carbons (Fsp3) is 0.833. The van der Waals surface area contributed by atoms with Crippen LogP contribution in [-0.2, 0) is 38.3 Å². The van der Waals surface area contributed by atoms with Crippen molar-refractivity contribution in [3.05, 3.63) is 24.3 Å². The molecule has 0 aromatic heterocycles. The highest BCUT2D eigenvalue weighted by Crippen LogP contribution is 2.25. The molecule has 252 valence electrons. The molecule has 1 fully saturated rings. The molecule has 43 heavy (non-hydrogen) atoms. The van der Waals surface area contributed by atoms with Crippen LogP contribution in [0.25, 0.3) is 0 Å². The van der Waals surface area contributed by atoms with E-state index in [1.54, 1.807) is 0 Å². The SMILES string of the molecule is CCCC/C=C\C/C=C\CCCCCCCCOCC(COC1OC(CO)C(O)C(OS(=O)(=O)O)C1O)OC(=O)CCC. The van der Waals surface area contributed by atoms with Gasteiger partial charge in [0.15, 0.2) is 6.29 Å². The second-order valence-electron chi connectivity index (χ2n) is 10.7. The third kappa shape index (κ3) is 18.9. The van der Waals surface area contributed by atoms with E-state index in [0.29, 0.717) is 13.0 Å². The molecule has 0 aliphatic carbocycles. The van der Waals surface area contributed by atoms with Gasteiger partial charge in [0, 0.05) is 13.0 Å². The van der Waals surface area contributed by atoms with Gasteiger partial charge in [-0.15, -0.1) is 0 Å². The van der Waals surface area contributed by atoms with Crippen LogP contribution < -0.4 is 0 Å². The number of aliphatic hydroxyl groups excluding tert-OH is 3. The summed E-state index contributed by atoms with van der Waals surface area (Å²) in [6, 6.07) is 0. The third-order valence-corrected chi connectivity index (χ3v) is 7.26. The van der Waals surface area contributed by atoms with Crippen LogP contribution in [0.4, 0.5) is 0 Å². The lowest BCUT2D eigenvalue weighted by Crippen LogP contribution is -2.60. The fourth-order valence-corrected chi connectivity index (χ4v) is 4.94. The Kier molecular flexibility index (Phi) is 22.0. The van der Waals surface area contributed by atoms with E-state index in [4.69, 9.17) is 23.5 Å². The van der Waals surface area contributed by atoms with E-state index in [0.717, 1.165) is 44.9 Å². The van der Waals surface area contributed by atoms with Crippen LogP contribution in [0.1, 0.15) is 97.3 Å². The summed E-state index contributed by atoms with van der Waals surface area (Å²) in [5.74, 6) is -0.459. The van der Waals surface area contributed by atoms with Crippen LogP contribution in [0, 0.1) is 0 Å². The van der Waals surface area contributed by atoms with E-state index in [9.17, 15) is 28.5 Å². The van der Waals surface area contributed by atoms with Crippen molar-refractivity contribution in [2.75, 3.05) is 26.4 Å². The van der Waals surface area contributed by atoms with Gasteiger partial charge in [-0.3, -0.25) is 9.35 Å². The predicted octanol–water partition coefficient (Wildman–Crippen LogP) is 3.78. The molecule has 1 aliphatic rings. The molecule has 6 unspecified atom stereocenters. The number of ether oxygens (including phenoxy) is 4. The molecular weight excluding hydrogens is 584 g/mol. The second kappa shape index (κ2) is 23.9. The number of unbranched alkanes of at least 4 members (excludes halogenated alkanes) is 8. The summed E-state index contributed by atoms with van der Waals surface area (Å²) in [6.07, 6.45) is 12.7. The number of carbonyl (C=O) groups excluding carboxylic acids is 1. The van der Waals surface area contributed by atoms with Gasteiger partial charge in [-0.1, -0.05) is 76.7 Å². The maximum atomic E-state index is 12.1. The highest BCUT2D eigenvalue weighted by Gasteiger charge is 2.48. The first-order valence-electron chi connectivity index (χ1n) is 15.6. The number of aliphatic hydroxyl groups is 3. The lowest BCUT2D eigenvalue weighted by molar-refractivity contribution is -0.301. The molecule has 13 heteroatoms. The number of rotatable bonds is 25. The van der Waals surface area contributed by atoms with Gasteiger partial charge in [0.1, 0.15) is 30.5 Å². The minimum atomic E-state index is -5.04. The van der Waals surface area contributed by atoms with Crippen molar-refractivity contribution in [3.63, 3.8) is 0 Å². The maximum Gasteiger partial charge on any atom is 0.397 e. The summed E-state index contributed by atoms with van der Waals surface area (Å²) in [5, 5.41) is 30.1. The third-order valence-electron chi connectivity index (χ3n) is 6.80. The Bertz CT molecular complexity index is 878. The summed E-state index contributed by atoms with van der Waals surface area (Å²) in [7, 11) is -5.04. The first kappa shape index (κ1) is 39.6. The van der Waals surface area contributed by atoms with Gasteiger partial charge in [-0.25, -0.2) is 4.18 Å². The van der Waals surface area contributed by atoms with Crippen molar-refractivity contribution >= 4 is 16.4 Å². The molecule has 6 atom stereocenters. The zero-order valence-corrected chi connectivity index (χ0v) is 26.6. The number of hydrogen-bond donors (Lipinski definition) is 4. The van der Waals surface area contributed by atoms with Crippen molar-refractivity contribution in [2.24, 2.45) is 0 Å². The van der Waals surface area contributed by atoms with E-state index in [1.165, 1.54) is 25.7 Å². The van der Waals surface area contributed by atoms with Crippen LogP contribution in [-0.4, -0.2) is 97.5 Å². The molecule has 0 saturated carbocycles. The minimum Gasteiger partial charge on any atom is -0.457 e. The topological polar surface area (TPSA) is 178 Å². The Hall–Kier alpha value is -1.42. The van der Waals surface area contributed by atoms with Crippen molar-refractivity contribution < 1.29 is 56.2 Å². The molecule has 1 saturated heterocycles. The van der Waals surface area contributed by atoms with Gasteiger partial charge in [-0.2, -0.15) is 8.42 Å². The van der Waals surface area contributed by atoms with Gasteiger partial charge in [-0.05, 0) is 38.5 Å². The van der Waals surface area contributed by atoms with E-state index in [1.807, 2.05) is 6.92 Å². The van der Waals surface area contributed by atoms with E-state index >= 15 is 0 Å². The zero-order valence-electron chi connectivity index (χ0n) is 25.8. The van der Waals surface area contributed by atoms with Crippen LogP contribution >= 0.6 is 0 Å². The Balaban J connectivity index is 2.37. The predicted molar refractivity (Wildman–Crippen MR) is 160 cm³/mol. The molecule has 12 nitrogen and oxygen atoms in total. The molecule has 0 bridgehead atoms. The molecule has 1 rings (SSSR count). The highest BCUT2D eigenvalue weighted by atomic mass is 32.3. The first-order chi connectivity index (χ1) is 20.6. The average Bonchev–Trinajstić information content (AvgIpc) is 2.95. The summed E-state index contributed by atoms with van der Waals surface area (Å²) in [6.45, 7) is 3.48. The molecule has 0 aromatic carbocycles. The quantitative estimate of drug-likeness (QED) is 0.0493. The van der Waals surface area contributed by atoms with Gasteiger partial charge in [0.2, 0.25) is 0 Å². The number of hydrogen-bond acceptors (Lipinski definition) is 11. The Labute approximate surface area is 257 Å². The van der Waals surface area contributed by atoms with Gasteiger partial charge < -0.3 is 34.3 Å². The smallest absolute Gasteiger partial charge is 0.397 e. The number of carbonyl (C=O) groups is 1. The standard InChI is InChI=1S/C30H54O12S/c1-3-5-6-7-8-9-10-11-12-13-14-15-16-17-18-20-38-22-24(40-26(32)19-4-2)23-39-30-28(34)29(42-43(35,36)37)27(33)25(21-31)41-30/h7-8,10-11,24-25,27-31,33-34H,3-6,9,12-23H2,1-2H3,(H,35,36,37)/b8-7-,11-10-. The summed E-state index contributed by atoms with van der Waals surface area (Å²) >= 11 is 0. The zero-order chi connectivity index (χ0) is 31.9. The first-order valence-corrected chi connectivity index (χ1v) is 17.0. The maximum absolute atomic E-state index is 12.1. The van der Waals surface area contributed by atoms with Crippen LogP contribution in [0.3, 0.4) is 0 Å². The summed E-state index contributed by atoms with van der Waals surface area (Å²) in [5.41, 5.74) is 0. The second-order valence-corrected chi connectivity index (χ2v) is 11.7. The van der Waals surface area contributed by atoms with Crippen LogP contribution in [0.5, 0.6) is 0 Å². The largest absolute Gasteiger partial charge is 0.457 e. The normalized spacial score (nSPS) is 23.7. The number of allylic oxidation sites excluding steroid dienone is 4. The van der Waals surface area contributed by atoms with Crippen LogP contribution in [0.15, 0.2) is 24.3 Å². The summed E-state index contributed by atoms with van der Waals surface area (Å²) in [4.78, 5) is 12.1. The monoisotopic (exact) mass is 638 g/mol. The average molecular weight is 639 g/mol. The molecule has 4 N–H and O–H groups in total. The molecule has 1 aliphatic heterocycles. The van der Waals surface area contributed by atoms with Crippen molar-refractivity contribution in [3.8, 4) is 0 Å². The molecular formula is C30H54O12S. The molecule has 1 heterocycles. The van der Waals surface area contributed by atoms with Gasteiger partial charge >= 0.3 is 16.4 Å². The Morgan fingerprint density at radius 3 is 2.16 bits per heavy atom. The van der Waals surface area contributed by atoms with Gasteiger partial charge in [0.25, 0.3) is 0 Å². The highest BCUT2D eigenvalue weighted by molar-refractivity contribution is 7.80. The van der Waals surface area contributed by atoms with E-state index < -0.39 is 59.8 Å².